The van der Waals surface area contributed by atoms with E-state index in [4.69, 9.17) is 0 Å². The van der Waals surface area contributed by atoms with E-state index in [-0.39, 0.29) is 22.6 Å². The van der Waals surface area contributed by atoms with Gasteiger partial charge in [-0.05, 0) is 0 Å². The summed E-state index contributed by atoms with van der Waals surface area (Å²) in [6.45, 7) is 0. The Morgan fingerprint density at radius 3 is 1.60 bits per heavy atom. The molecule has 0 heterocycles. The number of hydrogen-bond donors (Lipinski definition) is 1. The summed E-state index contributed by atoms with van der Waals surface area (Å²) >= 11 is 0.150. The second-order valence-corrected chi connectivity index (χ2v) is 2.79. The molecule has 0 fully saturated rings. The highest BCUT2D eigenvalue weighted by molar-refractivity contribution is 14.1. The molecule has 0 aliphatic heterocycles. The Kier molecular flexibility index (Phi) is 2.49. The molecule has 0 aromatic heterocycles. The predicted octanol–water partition coefficient (Wildman–Crippen LogP) is 1.13. The van der Waals surface area contributed by atoms with Crippen LogP contribution < -0.4 is 5.73 Å². The van der Waals surface area contributed by atoms with E-state index in [0.29, 0.717) is 0 Å². The van der Waals surface area contributed by atoms with Gasteiger partial charge in [-0.25, -0.2) is 0 Å². The van der Waals surface area contributed by atoms with Gasteiger partial charge in [0.05, 0.1) is 0 Å². The van der Waals surface area contributed by atoms with Crippen LogP contribution in [0.4, 0.5) is 17.6 Å². The zero-order valence-electron chi connectivity index (χ0n) is 4.38. The van der Waals surface area contributed by atoms with Gasteiger partial charge in [0.15, 0.2) is 0 Å². The Balaban J connectivity index is 4.57. The molecule has 1 amide bonds. The molecule has 0 bridgehead atoms. The summed E-state index contributed by atoms with van der Waals surface area (Å²) < 4.78 is 42.6. The predicted molar refractivity (Wildman–Crippen MR) is 33.1 cm³/mol. The first-order valence-electron chi connectivity index (χ1n) is 1.94. The van der Waals surface area contributed by atoms with E-state index < -0.39 is 15.8 Å². The Bertz CT molecular complexity index is 153. The van der Waals surface area contributed by atoms with Crippen molar-refractivity contribution in [3.05, 3.63) is 0 Å². The minimum atomic E-state index is -4.77. The quantitative estimate of drug-likeness (QED) is 0.456. The van der Waals surface area contributed by atoms with Crippen LogP contribution in [-0.2, 0) is 4.79 Å². The molecule has 0 unspecified atom stereocenters. The Morgan fingerprint density at radius 2 is 1.60 bits per heavy atom. The number of halogens is 5. The van der Waals surface area contributed by atoms with Crippen LogP contribution in [-0.4, -0.2) is 15.8 Å². The largest absolute Gasteiger partial charge is 0.395 e. The average molecular weight is 271 g/mol. The highest BCUT2D eigenvalue weighted by atomic mass is 127. The zero-order chi connectivity index (χ0) is 8.58. The number of primary amides is 1. The van der Waals surface area contributed by atoms with E-state index in [9.17, 15) is 22.4 Å². The van der Waals surface area contributed by atoms with Gasteiger partial charge < -0.3 is 5.73 Å². The lowest BCUT2D eigenvalue weighted by molar-refractivity contribution is -0.170. The minimum Gasteiger partial charge on any atom is -0.364 e. The normalized spacial score (nSPS) is 13.3. The molecule has 0 spiro atoms. The third kappa shape index (κ3) is 1.70. The van der Waals surface area contributed by atoms with Gasteiger partial charge in [0.25, 0.3) is 5.91 Å². The first-order valence-corrected chi connectivity index (χ1v) is 3.02. The molecule has 10 heavy (non-hydrogen) atoms. The van der Waals surface area contributed by atoms with Crippen molar-refractivity contribution in [1.29, 1.82) is 0 Å². The van der Waals surface area contributed by atoms with E-state index in [0.717, 1.165) is 0 Å². The van der Waals surface area contributed by atoms with Crippen molar-refractivity contribution in [2.75, 3.05) is 0 Å². The number of alkyl halides is 5. The molecular formula is C3H2F4INO. The number of amides is 1. The molecule has 60 valence electrons. The molecule has 0 aliphatic rings. The lowest BCUT2D eigenvalue weighted by Crippen LogP contribution is -2.46. The molecule has 0 aromatic carbocycles. The van der Waals surface area contributed by atoms with Gasteiger partial charge in [-0.3, -0.25) is 4.79 Å². The smallest absolute Gasteiger partial charge is 0.364 e. The van der Waals surface area contributed by atoms with Crippen LogP contribution in [0.3, 0.4) is 0 Å². The van der Waals surface area contributed by atoms with Gasteiger partial charge in [-0.15, -0.1) is 0 Å². The van der Waals surface area contributed by atoms with E-state index in [2.05, 4.69) is 5.73 Å². The van der Waals surface area contributed by atoms with Gasteiger partial charge >= 0.3 is 9.85 Å². The number of nitrogens with two attached hydrogens (primary N) is 1. The number of rotatable bonds is 2. The third-order valence-corrected chi connectivity index (χ3v) is 1.34. The summed E-state index contributed by atoms with van der Waals surface area (Å²) in [4.78, 5) is 9.66. The fourth-order valence-electron chi connectivity index (χ4n) is 0.140. The van der Waals surface area contributed by atoms with Crippen LogP contribution in [0.1, 0.15) is 0 Å². The average Bonchev–Trinajstić information content (AvgIpc) is 1.62. The van der Waals surface area contributed by atoms with Gasteiger partial charge in [0.1, 0.15) is 0 Å². The first-order chi connectivity index (χ1) is 4.19. The molecule has 0 atom stereocenters. The van der Waals surface area contributed by atoms with Crippen LogP contribution in [0, 0.1) is 0 Å². The first kappa shape index (κ1) is 9.92. The fourth-order valence-corrected chi connectivity index (χ4v) is 0.405. The Morgan fingerprint density at radius 1 is 1.30 bits per heavy atom. The van der Waals surface area contributed by atoms with E-state index in [1.165, 1.54) is 0 Å². The second kappa shape index (κ2) is 2.51. The minimum absolute atomic E-state index is 0.150. The summed E-state index contributed by atoms with van der Waals surface area (Å²) in [6.07, 6.45) is 0. The van der Waals surface area contributed by atoms with E-state index >= 15 is 0 Å². The van der Waals surface area contributed by atoms with E-state index in [1.54, 1.807) is 0 Å². The van der Waals surface area contributed by atoms with Crippen LogP contribution in [0.25, 0.3) is 0 Å². The molecule has 7 heteroatoms. The molecule has 0 aromatic rings. The fraction of sp³-hybridized carbons (Fsp3) is 0.667. The lowest BCUT2D eigenvalue weighted by atomic mass is 10.3. The summed E-state index contributed by atoms with van der Waals surface area (Å²) in [5.41, 5.74) is 3.98. The summed E-state index contributed by atoms with van der Waals surface area (Å²) in [6, 6.07) is 0. The second-order valence-electron chi connectivity index (χ2n) is 1.44. The van der Waals surface area contributed by atoms with Crippen LogP contribution in [0.2, 0.25) is 0 Å². The topological polar surface area (TPSA) is 43.1 Å². The monoisotopic (exact) mass is 271 g/mol. The molecule has 0 radical (unpaired) electrons. The van der Waals surface area contributed by atoms with Crippen molar-refractivity contribution < 1.29 is 22.4 Å². The maximum atomic E-state index is 11.8. The van der Waals surface area contributed by atoms with Crippen molar-refractivity contribution in [2.45, 2.75) is 9.85 Å². The van der Waals surface area contributed by atoms with Gasteiger partial charge in [0.2, 0.25) is 0 Å². The molecule has 2 nitrogen and oxygen atoms in total. The number of carbonyl (C=O) groups excluding carboxylic acids is 1. The molecular weight excluding hydrogens is 269 g/mol. The number of carbonyl (C=O) groups is 1. The van der Waals surface area contributed by atoms with Crippen molar-refractivity contribution in [3.63, 3.8) is 0 Å². The van der Waals surface area contributed by atoms with Crippen LogP contribution >= 0.6 is 22.6 Å². The zero-order valence-corrected chi connectivity index (χ0v) is 6.53. The maximum absolute atomic E-state index is 11.8. The van der Waals surface area contributed by atoms with Gasteiger partial charge in [-0.2, -0.15) is 17.6 Å². The maximum Gasteiger partial charge on any atom is 0.395 e. The molecule has 0 rings (SSSR count). The summed E-state index contributed by atoms with van der Waals surface area (Å²) in [5, 5.41) is 0. The molecule has 0 saturated carbocycles. The van der Waals surface area contributed by atoms with Gasteiger partial charge in [-0.1, -0.05) is 0 Å². The Hall–Kier alpha value is -0.0800. The molecule has 2 N–H and O–H groups in total. The Labute approximate surface area is 66.9 Å². The SMILES string of the molecule is NC(=O)C(F)(F)C(F)(F)I. The van der Waals surface area contributed by atoms with Crippen LogP contribution in [0.5, 0.6) is 0 Å². The number of hydrogen-bond acceptors (Lipinski definition) is 1. The molecule has 0 saturated heterocycles. The third-order valence-electron chi connectivity index (χ3n) is 0.665. The standard InChI is InChI=1S/C3H2F4INO/c4-2(5,1(9)10)3(6,7)8/h(H2,9,10). The lowest BCUT2D eigenvalue weighted by Gasteiger charge is -2.16. The van der Waals surface area contributed by atoms with Crippen molar-refractivity contribution >= 4 is 28.5 Å². The van der Waals surface area contributed by atoms with Crippen molar-refractivity contribution in [1.82, 2.24) is 0 Å². The van der Waals surface area contributed by atoms with Gasteiger partial charge in [0, 0.05) is 22.6 Å². The highest BCUT2D eigenvalue weighted by Crippen LogP contribution is 2.39. The van der Waals surface area contributed by atoms with E-state index in [1.807, 2.05) is 0 Å². The molecule has 0 aliphatic carbocycles. The highest BCUT2D eigenvalue weighted by Gasteiger charge is 2.59. The van der Waals surface area contributed by atoms with Crippen molar-refractivity contribution in [3.8, 4) is 0 Å². The van der Waals surface area contributed by atoms with Crippen molar-refractivity contribution in [2.24, 2.45) is 5.73 Å². The summed E-state index contributed by atoms with van der Waals surface area (Å²) in [7, 11) is 0. The summed E-state index contributed by atoms with van der Waals surface area (Å²) in [5.74, 6) is -7.10. The van der Waals surface area contributed by atoms with Crippen LogP contribution in [0.15, 0.2) is 0 Å².